The number of aromatic nitrogens is 2. The van der Waals surface area contributed by atoms with Gasteiger partial charge in [-0.25, -0.2) is 9.48 Å². The second kappa shape index (κ2) is 9.24. The lowest BCUT2D eigenvalue weighted by Gasteiger charge is -2.27. The zero-order chi connectivity index (χ0) is 22.0. The van der Waals surface area contributed by atoms with Crippen molar-refractivity contribution < 1.29 is 4.79 Å². The smallest absolute Gasteiger partial charge is 0.317 e. The third kappa shape index (κ3) is 4.67. The topological polar surface area (TPSA) is 53.4 Å². The molecule has 31 heavy (non-hydrogen) atoms. The summed E-state index contributed by atoms with van der Waals surface area (Å²) in [6.45, 7) is 10.3. The van der Waals surface area contributed by atoms with Crippen LogP contribution in [0.5, 0.6) is 0 Å². The van der Waals surface area contributed by atoms with E-state index in [-0.39, 0.29) is 6.03 Å². The molecule has 2 amide bonds. The number of nitrogens with one attached hydrogen (secondary N) is 1. The maximum atomic E-state index is 12.7. The van der Waals surface area contributed by atoms with Gasteiger partial charge < -0.3 is 10.2 Å². The summed E-state index contributed by atoms with van der Waals surface area (Å²) in [5, 5.41) is 10.00. The number of rotatable bonds is 6. The van der Waals surface area contributed by atoms with Crippen molar-refractivity contribution in [3.63, 3.8) is 0 Å². The maximum absolute atomic E-state index is 12.7. The molecule has 6 nitrogen and oxygen atoms in total. The number of urea groups is 1. The van der Waals surface area contributed by atoms with Crippen LogP contribution >= 0.6 is 11.3 Å². The molecule has 0 radical (unpaired) electrons. The van der Waals surface area contributed by atoms with Crippen LogP contribution in [0.4, 0.5) is 4.79 Å². The molecule has 0 bridgehead atoms. The summed E-state index contributed by atoms with van der Waals surface area (Å²) in [5.74, 6) is 0. The van der Waals surface area contributed by atoms with Gasteiger partial charge in [-0.2, -0.15) is 5.10 Å². The molecule has 1 N–H and O–H groups in total. The van der Waals surface area contributed by atoms with Gasteiger partial charge in [-0.05, 0) is 55.8 Å². The van der Waals surface area contributed by atoms with Gasteiger partial charge in [-0.1, -0.05) is 18.2 Å². The summed E-state index contributed by atoms with van der Waals surface area (Å²) >= 11 is 1.85. The Morgan fingerprint density at radius 2 is 2.03 bits per heavy atom. The third-order valence-corrected chi connectivity index (χ3v) is 7.14. The third-order valence-electron chi connectivity index (χ3n) is 6.12. The van der Waals surface area contributed by atoms with Gasteiger partial charge in [0, 0.05) is 49.4 Å². The van der Waals surface area contributed by atoms with E-state index in [1.807, 2.05) is 42.1 Å². The van der Waals surface area contributed by atoms with Crippen molar-refractivity contribution in [2.24, 2.45) is 0 Å². The Morgan fingerprint density at radius 1 is 1.23 bits per heavy atom. The minimum atomic E-state index is -0.0457. The fourth-order valence-corrected chi connectivity index (χ4v) is 5.09. The van der Waals surface area contributed by atoms with Crippen molar-refractivity contribution in [1.29, 1.82) is 0 Å². The number of thiophene rings is 1. The van der Waals surface area contributed by atoms with Gasteiger partial charge in [0.15, 0.2) is 0 Å². The highest BCUT2D eigenvalue weighted by molar-refractivity contribution is 7.10. The highest BCUT2D eigenvalue weighted by Crippen LogP contribution is 2.24. The molecule has 0 saturated carbocycles. The standard InChI is InChI=1S/C24H31N5OS/c1-17-7-5-6-8-22(17)29-19(3)21(18(2)26-29)16-27(4)24(30)25-11-13-28-12-9-23-20(15-28)10-14-31-23/h5-8,10,14H,9,11-13,15-16H2,1-4H3,(H,25,30). The first kappa shape index (κ1) is 21.6. The SMILES string of the molecule is Cc1ccccc1-n1nc(C)c(CN(C)C(=O)NCCN2CCc3sccc3C2)c1C. The summed E-state index contributed by atoms with van der Waals surface area (Å²) < 4.78 is 1.99. The van der Waals surface area contributed by atoms with Crippen molar-refractivity contribution >= 4 is 17.4 Å². The number of nitrogens with zero attached hydrogens (tertiary/aromatic N) is 4. The fraction of sp³-hybridized carbons (Fsp3) is 0.417. The predicted molar refractivity (Wildman–Crippen MR) is 126 cm³/mol. The van der Waals surface area contributed by atoms with Crippen LogP contribution in [0.15, 0.2) is 35.7 Å². The Kier molecular flexibility index (Phi) is 6.43. The normalized spacial score (nSPS) is 13.8. The van der Waals surface area contributed by atoms with E-state index >= 15 is 0 Å². The highest BCUT2D eigenvalue weighted by atomic mass is 32.1. The van der Waals surface area contributed by atoms with E-state index in [0.717, 1.165) is 48.7 Å². The molecule has 0 unspecified atom stereocenters. The summed E-state index contributed by atoms with van der Waals surface area (Å²) in [4.78, 5) is 18.3. The van der Waals surface area contributed by atoms with Gasteiger partial charge >= 0.3 is 6.03 Å². The molecule has 0 spiro atoms. The van der Waals surface area contributed by atoms with Gasteiger partial charge in [0.2, 0.25) is 0 Å². The van der Waals surface area contributed by atoms with Crippen LogP contribution in [-0.4, -0.2) is 52.3 Å². The first-order valence-electron chi connectivity index (χ1n) is 10.8. The quantitative estimate of drug-likeness (QED) is 0.633. The number of aryl methyl sites for hydroxylation is 2. The van der Waals surface area contributed by atoms with E-state index in [1.54, 1.807) is 4.90 Å². The number of para-hydroxylation sites is 1. The molecule has 164 valence electrons. The number of hydrogen-bond donors (Lipinski definition) is 1. The summed E-state index contributed by atoms with van der Waals surface area (Å²) in [6, 6.07) is 10.4. The van der Waals surface area contributed by atoms with Crippen LogP contribution in [0.1, 0.15) is 33.0 Å². The molecule has 4 rings (SSSR count). The second-order valence-corrected chi connectivity index (χ2v) is 9.33. The van der Waals surface area contributed by atoms with E-state index in [4.69, 9.17) is 5.10 Å². The number of benzene rings is 1. The molecule has 1 aliphatic rings. The number of amides is 2. The van der Waals surface area contributed by atoms with Gasteiger partial charge in [0.1, 0.15) is 0 Å². The van der Waals surface area contributed by atoms with E-state index in [2.05, 4.69) is 47.6 Å². The monoisotopic (exact) mass is 437 g/mol. The van der Waals surface area contributed by atoms with Crippen molar-refractivity contribution in [3.05, 3.63) is 68.7 Å². The van der Waals surface area contributed by atoms with Crippen LogP contribution in [0.25, 0.3) is 5.69 Å². The van der Waals surface area contributed by atoms with Crippen LogP contribution in [0, 0.1) is 20.8 Å². The number of carbonyl (C=O) groups is 1. The Hall–Kier alpha value is -2.64. The fourth-order valence-electron chi connectivity index (χ4n) is 4.20. The molecule has 0 fully saturated rings. The Bertz CT molecular complexity index is 1070. The van der Waals surface area contributed by atoms with E-state index in [9.17, 15) is 4.79 Å². The Balaban J connectivity index is 1.32. The minimum Gasteiger partial charge on any atom is -0.337 e. The van der Waals surface area contributed by atoms with Gasteiger partial charge in [-0.3, -0.25) is 4.90 Å². The first-order valence-corrected chi connectivity index (χ1v) is 11.7. The van der Waals surface area contributed by atoms with Crippen molar-refractivity contribution in [2.45, 2.75) is 40.3 Å². The number of hydrogen-bond acceptors (Lipinski definition) is 4. The van der Waals surface area contributed by atoms with Gasteiger partial charge in [-0.15, -0.1) is 11.3 Å². The largest absolute Gasteiger partial charge is 0.337 e. The van der Waals surface area contributed by atoms with Crippen LogP contribution in [0.3, 0.4) is 0 Å². The molecular weight excluding hydrogens is 406 g/mol. The van der Waals surface area contributed by atoms with E-state index < -0.39 is 0 Å². The average Bonchev–Trinajstić information content (AvgIpc) is 3.33. The van der Waals surface area contributed by atoms with E-state index in [1.165, 1.54) is 16.0 Å². The van der Waals surface area contributed by atoms with Crippen molar-refractivity contribution in [1.82, 2.24) is 24.9 Å². The van der Waals surface area contributed by atoms with Gasteiger partial charge in [0.05, 0.1) is 17.9 Å². The second-order valence-electron chi connectivity index (χ2n) is 8.33. The lowest BCUT2D eigenvalue weighted by atomic mass is 10.1. The summed E-state index contributed by atoms with van der Waals surface area (Å²) in [5.41, 5.74) is 6.83. The summed E-state index contributed by atoms with van der Waals surface area (Å²) in [7, 11) is 1.85. The minimum absolute atomic E-state index is 0.0457. The highest BCUT2D eigenvalue weighted by Gasteiger charge is 2.19. The first-order chi connectivity index (χ1) is 14.9. The molecule has 7 heteroatoms. The molecule has 1 aromatic carbocycles. The zero-order valence-corrected chi connectivity index (χ0v) is 19.6. The zero-order valence-electron chi connectivity index (χ0n) is 18.8. The number of fused-ring (bicyclic) bond motifs is 1. The van der Waals surface area contributed by atoms with Crippen LogP contribution < -0.4 is 5.32 Å². The molecular formula is C24H31N5OS. The molecule has 2 aromatic heterocycles. The molecule has 0 saturated heterocycles. The van der Waals surface area contributed by atoms with E-state index in [0.29, 0.717) is 13.1 Å². The van der Waals surface area contributed by atoms with Crippen LogP contribution in [0.2, 0.25) is 0 Å². The molecule has 3 aromatic rings. The lowest BCUT2D eigenvalue weighted by molar-refractivity contribution is 0.201. The Morgan fingerprint density at radius 3 is 2.84 bits per heavy atom. The van der Waals surface area contributed by atoms with Gasteiger partial charge in [0.25, 0.3) is 0 Å². The Labute approximate surface area is 188 Å². The number of carbonyl (C=O) groups excluding carboxylic acids is 1. The predicted octanol–water partition coefficient (Wildman–Crippen LogP) is 4.06. The van der Waals surface area contributed by atoms with Crippen LogP contribution in [-0.2, 0) is 19.5 Å². The average molecular weight is 438 g/mol. The molecule has 3 heterocycles. The van der Waals surface area contributed by atoms with Crippen molar-refractivity contribution in [3.8, 4) is 5.69 Å². The lowest BCUT2D eigenvalue weighted by Crippen LogP contribution is -2.42. The van der Waals surface area contributed by atoms with Crippen molar-refractivity contribution in [2.75, 3.05) is 26.7 Å². The summed E-state index contributed by atoms with van der Waals surface area (Å²) in [6.07, 6.45) is 1.12. The molecule has 0 atom stereocenters. The molecule has 0 aliphatic carbocycles. The maximum Gasteiger partial charge on any atom is 0.317 e. The molecule has 1 aliphatic heterocycles.